The maximum absolute atomic E-state index is 12.0. The third-order valence-corrected chi connectivity index (χ3v) is 2.24. The monoisotopic (exact) mass is 326 g/mol. The van der Waals surface area contributed by atoms with Crippen molar-refractivity contribution in [2.24, 2.45) is 0 Å². The zero-order valence-corrected chi connectivity index (χ0v) is 11.1. The molecule has 0 atom stereocenters. The van der Waals surface area contributed by atoms with Gasteiger partial charge in [-0.25, -0.2) is 4.98 Å². The molecule has 1 amide bonds. The summed E-state index contributed by atoms with van der Waals surface area (Å²) in [5, 5.41) is 1.69. The van der Waals surface area contributed by atoms with E-state index in [-0.39, 0.29) is 17.7 Å². The molecule has 8 heteroatoms. The second-order valence-electron chi connectivity index (χ2n) is 3.63. The number of carbonyl (C=O) groups excluding carboxylic acids is 1. The highest BCUT2D eigenvalue weighted by molar-refractivity contribution is 9.10. The van der Waals surface area contributed by atoms with Gasteiger partial charge in [0.05, 0.1) is 22.5 Å². The zero-order chi connectivity index (χ0) is 13.9. The molecule has 0 aliphatic carbocycles. The van der Waals surface area contributed by atoms with Crippen LogP contribution in [0.25, 0.3) is 0 Å². The quantitative estimate of drug-likeness (QED) is 0.928. The summed E-state index contributed by atoms with van der Waals surface area (Å²) in [6, 6.07) is 1.29. The second-order valence-corrected chi connectivity index (χ2v) is 4.48. The molecule has 100 valence electrons. The van der Waals surface area contributed by atoms with Crippen LogP contribution in [-0.4, -0.2) is 23.2 Å². The Kier molecular flexibility index (Phi) is 4.55. The third kappa shape index (κ3) is 4.17. The summed E-state index contributed by atoms with van der Waals surface area (Å²) in [6.07, 6.45) is -3.96. The molecule has 0 radical (unpaired) electrons. The van der Waals surface area contributed by atoms with Crippen molar-refractivity contribution in [3.8, 4) is 5.88 Å². The molecule has 0 aliphatic heterocycles. The summed E-state index contributed by atoms with van der Waals surface area (Å²) in [4.78, 5) is 14.5. The lowest BCUT2D eigenvalue weighted by atomic mass is 10.4. The molecule has 0 unspecified atom stereocenters. The number of anilines is 1. The number of hydrogen-bond acceptors (Lipinski definition) is 3. The van der Waals surface area contributed by atoms with Gasteiger partial charge in [-0.05, 0) is 35.8 Å². The number of nitrogens with one attached hydrogen (secondary N) is 1. The molecule has 1 heterocycles. The molecule has 1 N–H and O–H groups in total. The van der Waals surface area contributed by atoms with Crippen LogP contribution in [0, 0.1) is 0 Å². The zero-order valence-electron chi connectivity index (χ0n) is 9.51. The lowest BCUT2D eigenvalue weighted by molar-refractivity contribution is -0.167. The Morgan fingerprint density at radius 1 is 1.50 bits per heavy atom. The fourth-order valence-corrected chi connectivity index (χ4v) is 1.45. The Morgan fingerprint density at radius 2 is 2.11 bits per heavy atom. The van der Waals surface area contributed by atoms with E-state index in [9.17, 15) is 18.0 Å². The van der Waals surface area contributed by atoms with Gasteiger partial charge in [-0.1, -0.05) is 0 Å². The van der Waals surface area contributed by atoms with Gasteiger partial charge < -0.3 is 10.1 Å². The standard InChI is InChI=1S/C10H10BrF3N2O2/c1-5(2)18-8-7(11)3-6(4-15-8)16-9(17)10(12,13)14/h3-5H,1-2H3,(H,16,17). The summed E-state index contributed by atoms with van der Waals surface area (Å²) in [5.74, 6) is -1.80. The number of nitrogens with zero attached hydrogens (tertiary/aromatic N) is 1. The lowest BCUT2D eigenvalue weighted by Crippen LogP contribution is -2.29. The summed E-state index contributed by atoms with van der Waals surface area (Å²) in [7, 11) is 0. The smallest absolute Gasteiger partial charge is 0.471 e. The molecule has 18 heavy (non-hydrogen) atoms. The van der Waals surface area contributed by atoms with Gasteiger partial charge in [0.15, 0.2) is 0 Å². The fraction of sp³-hybridized carbons (Fsp3) is 0.400. The fourth-order valence-electron chi connectivity index (χ4n) is 1.01. The van der Waals surface area contributed by atoms with Crippen molar-refractivity contribution in [1.29, 1.82) is 0 Å². The highest BCUT2D eigenvalue weighted by Crippen LogP contribution is 2.27. The largest absolute Gasteiger partial charge is 0.474 e. The Morgan fingerprint density at radius 3 is 2.56 bits per heavy atom. The van der Waals surface area contributed by atoms with Crippen molar-refractivity contribution in [3.63, 3.8) is 0 Å². The molecule has 1 aromatic heterocycles. The topological polar surface area (TPSA) is 51.2 Å². The van der Waals surface area contributed by atoms with E-state index in [2.05, 4.69) is 20.9 Å². The number of carbonyl (C=O) groups is 1. The Balaban J connectivity index is 2.82. The number of halogens is 4. The van der Waals surface area contributed by atoms with E-state index in [4.69, 9.17) is 4.74 Å². The SMILES string of the molecule is CC(C)Oc1ncc(NC(=O)C(F)(F)F)cc1Br. The minimum absolute atomic E-state index is 0.0692. The number of hydrogen-bond donors (Lipinski definition) is 1. The summed E-state index contributed by atoms with van der Waals surface area (Å²) in [5.41, 5.74) is -0.0692. The number of aromatic nitrogens is 1. The van der Waals surface area contributed by atoms with Crippen molar-refractivity contribution in [2.75, 3.05) is 5.32 Å². The molecule has 0 saturated carbocycles. The van der Waals surface area contributed by atoms with Gasteiger partial charge in [0.2, 0.25) is 5.88 Å². The lowest BCUT2D eigenvalue weighted by Gasteiger charge is -2.12. The van der Waals surface area contributed by atoms with Gasteiger partial charge in [0.25, 0.3) is 0 Å². The van der Waals surface area contributed by atoms with Crippen LogP contribution in [0.1, 0.15) is 13.8 Å². The predicted molar refractivity (Wildman–Crippen MR) is 62.4 cm³/mol. The molecule has 0 spiro atoms. The average Bonchev–Trinajstić information content (AvgIpc) is 2.20. The van der Waals surface area contributed by atoms with Crippen molar-refractivity contribution >= 4 is 27.5 Å². The molecule has 4 nitrogen and oxygen atoms in total. The molecule has 0 saturated heterocycles. The van der Waals surface area contributed by atoms with Crippen LogP contribution in [-0.2, 0) is 4.79 Å². The molecule has 1 aromatic rings. The number of pyridine rings is 1. The predicted octanol–water partition coefficient (Wildman–Crippen LogP) is 3.13. The van der Waals surface area contributed by atoms with Crippen LogP contribution in [0.4, 0.5) is 18.9 Å². The Bertz CT molecular complexity index is 449. The molecular weight excluding hydrogens is 317 g/mol. The number of amides is 1. The van der Waals surface area contributed by atoms with Gasteiger partial charge in [-0.2, -0.15) is 13.2 Å². The van der Waals surface area contributed by atoms with Gasteiger partial charge in [0, 0.05) is 0 Å². The molecule has 0 aliphatic rings. The molecular formula is C10H10BrF3N2O2. The normalized spacial score (nSPS) is 11.5. The van der Waals surface area contributed by atoms with E-state index in [0.717, 1.165) is 6.20 Å². The number of ether oxygens (including phenoxy) is 1. The molecule has 0 bridgehead atoms. The van der Waals surface area contributed by atoms with Gasteiger partial charge >= 0.3 is 12.1 Å². The Hall–Kier alpha value is -1.31. The first kappa shape index (κ1) is 14.7. The minimum atomic E-state index is -4.93. The molecule has 0 aromatic carbocycles. The third-order valence-electron chi connectivity index (χ3n) is 1.67. The van der Waals surface area contributed by atoms with Crippen LogP contribution in [0.15, 0.2) is 16.7 Å². The van der Waals surface area contributed by atoms with E-state index < -0.39 is 12.1 Å². The highest BCUT2D eigenvalue weighted by atomic mass is 79.9. The van der Waals surface area contributed by atoms with Crippen molar-refractivity contribution in [3.05, 3.63) is 16.7 Å². The van der Waals surface area contributed by atoms with Gasteiger partial charge in [-0.15, -0.1) is 0 Å². The van der Waals surface area contributed by atoms with Crippen LogP contribution in [0.2, 0.25) is 0 Å². The first-order valence-corrected chi connectivity index (χ1v) is 5.70. The number of alkyl halides is 3. The summed E-state index contributed by atoms with van der Waals surface area (Å²) < 4.78 is 41.7. The van der Waals surface area contributed by atoms with E-state index >= 15 is 0 Å². The van der Waals surface area contributed by atoms with E-state index in [0.29, 0.717) is 4.47 Å². The van der Waals surface area contributed by atoms with Crippen LogP contribution in [0.3, 0.4) is 0 Å². The van der Waals surface area contributed by atoms with E-state index in [1.165, 1.54) is 6.07 Å². The average molecular weight is 327 g/mol. The van der Waals surface area contributed by atoms with Crippen LogP contribution >= 0.6 is 15.9 Å². The first-order valence-electron chi connectivity index (χ1n) is 4.90. The maximum Gasteiger partial charge on any atom is 0.471 e. The highest BCUT2D eigenvalue weighted by Gasteiger charge is 2.38. The van der Waals surface area contributed by atoms with Crippen molar-refractivity contribution in [1.82, 2.24) is 4.98 Å². The summed E-state index contributed by atoms with van der Waals surface area (Å²) >= 11 is 3.10. The van der Waals surface area contributed by atoms with E-state index in [1.54, 1.807) is 19.2 Å². The summed E-state index contributed by atoms with van der Waals surface area (Å²) in [6.45, 7) is 3.57. The number of rotatable bonds is 3. The van der Waals surface area contributed by atoms with Gasteiger partial charge in [0.1, 0.15) is 0 Å². The van der Waals surface area contributed by atoms with Gasteiger partial charge in [-0.3, -0.25) is 4.79 Å². The van der Waals surface area contributed by atoms with Crippen molar-refractivity contribution < 1.29 is 22.7 Å². The maximum atomic E-state index is 12.0. The minimum Gasteiger partial charge on any atom is -0.474 e. The van der Waals surface area contributed by atoms with Crippen LogP contribution < -0.4 is 10.1 Å². The molecule has 0 fully saturated rings. The molecule has 1 rings (SSSR count). The first-order chi connectivity index (χ1) is 8.20. The second kappa shape index (κ2) is 5.55. The Labute approximate surface area is 110 Å². The van der Waals surface area contributed by atoms with Crippen molar-refractivity contribution in [2.45, 2.75) is 26.1 Å². The van der Waals surface area contributed by atoms with E-state index in [1.807, 2.05) is 0 Å². The van der Waals surface area contributed by atoms with Crippen LogP contribution in [0.5, 0.6) is 5.88 Å².